The van der Waals surface area contributed by atoms with Crippen LogP contribution in [0, 0.1) is 0 Å². The number of hydrogen-bond donors (Lipinski definition) is 1. The number of aromatic nitrogens is 2. The normalized spacial score (nSPS) is 10.9. The molecule has 0 radical (unpaired) electrons. The molecule has 0 unspecified atom stereocenters. The Labute approximate surface area is 125 Å². The van der Waals surface area contributed by atoms with Crippen LogP contribution in [0.15, 0.2) is 30.3 Å². The van der Waals surface area contributed by atoms with Crippen molar-refractivity contribution in [1.82, 2.24) is 9.78 Å². The number of aliphatic hydroxyl groups is 1. The molecule has 0 fully saturated rings. The molecule has 0 saturated carbocycles. The molecule has 1 aromatic heterocycles. The zero-order chi connectivity index (χ0) is 14.4. The van der Waals surface area contributed by atoms with Crippen molar-refractivity contribution in [3.63, 3.8) is 0 Å². The quantitative estimate of drug-likeness (QED) is 0.846. The molecular weight excluding hydrogens is 272 g/mol. The highest BCUT2D eigenvalue weighted by molar-refractivity contribution is 6.30. The summed E-state index contributed by atoms with van der Waals surface area (Å²) in [7, 11) is 0. The van der Waals surface area contributed by atoms with Gasteiger partial charge in [0.25, 0.3) is 0 Å². The second-order valence-corrected chi connectivity index (χ2v) is 5.29. The van der Waals surface area contributed by atoms with Crippen LogP contribution in [0.3, 0.4) is 0 Å². The van der Waals surface area contributed by atoms with Crippen LogP contribution in [0.25, 0.3) is 0 Å². The fourth-order valence-electron chi connectivity index (χ4n) is 2.34. The van der Waals surface area contributed by atoms with Crippen molar-refractivity contribution in [3.05, 3.63) is 52.3 Å². The third-order valence-electron chi connectivity index (χ3n) is 3.39. The van der Waals surface area contributed by atoms with Gasteiger partial charge in [-0.05, 0) is 24.8 Å². The summed E-state index contributed by atoms with van der Waals surface area (Å²) in [6.07, 6.45) is 3.86. The average molecular weight is 293 g/mol. The van der Waals surface area contributed by atoms with Gasteiger partial charge in [-0.1, -0.05) is 55.3 Å². The van der Waals surface area contributed by atoms with Gasteiger partial charge in [-0.25, -0.2) is 0 Å². The number of hydrogen-bond acceptors (Lipinski definition) is 2. The molecule has 0 amide bonds. The minimum absolute atomic E-state index is 0.0349. The maximum atomic E-state index is 9.40. The van der Waals surface area contributed by atoms with Crippen LogP contribution in [-0.2, 0) is 26.0 Å². The van der Waals surface area contributed by atoms with Crippen LogP contribution in [-0.4, -0.2) is 14.9 Å². The highest BCUT2D eigenvalue weighted by atomic mass is 35.5. The number of halogens is 1. The van der Waals surface area contributed by atoms with Gasteiger partial charge in [-0.2, -0.15) is 5.10 Å². The molecule has 4 heteroatoms. The first-order valence-corrected chi connectivity index (χ1v) is 7.53. The molecule has 0 bridgehead atoms. The lowest BCUT2D eigenvalue weighted by Gasteiger charge is -2.04. The number of nitrogens with zero attached hydrogens (tertiary/aromatic N) is 2. The van der Waals surface area contributed by atoms with Crippen molar-refractivity contribution in [3.8, 4) is 0 Å². The van der Waals surface area contributed by atoms with Gasteiger partial charge >= 0.3 is 0 Å². The Balaban J connectivity index is 1.99. The summed E-state index contributed by atoms with van der Waals surface area (Å²) in [5.74, 6) is 0. The second kappa shape index (κ2) is 7.46. The van der Waals surface area contributed by atoms with Crippen molar-refractivity contribution in [2.45, 2.75) is 45.8 Å². The van der Waals surface area contributed by atoms with E-state index < -0.39 is 0 Å². The van der Waals surface area contributed by atoms with Crippen molar-refractivity contribution < 1.29 is 5.11 Å². The van der Waals surface area contributed by atoms with Crippen LogP contribution >= 0.6 is 11.6 Å². The zero-order valence-corrected chi connectivity index (χ0v) is 12.6. The molecule has 20 heavy (non-hydrogen) atoms. The standard InChI is InChI=1S/C16H21ClN2O/c1-2-7-15-14(12-20)16(17)19(18-15)11-6-10-13-8-4-3-5-9-13/h3-5,8-9,20H,2,6-7,10-12H2,1H3. The molecule has 0 aliphatic heterocycles. The molecule has 0 atom stereocenters. The molecule has 1 heterocycles. The molecule has 2 aromatic rings. The van der Waals surface area contributed by atoms with Gasteiger partial charge in [-0.3, -0.25) is 4.68 Å². The van der Waals surface area contributed by atoms with Gasteiger partial charge in [0, 0.05) is 12.1 Å². The predicted molar refractivity (Wildman–Crippen MR) is 81.9 cm³/mol. The topological polar surface area (TPSA) is 38.0 Å². The number of aliphatic hydroxyl groups excluding tert-OH is 1. The van der Waals surface area contributed by atoms with Crippen LogP contribution < -0.4 is 0 Å². The summed E-state index contributed by atoms with van der Waals surface area (Å²) in [5, 5.41) is 14.5. The van der Waals surface area contributed by atoms with Gasteiger partial charge in [0.05, 0.1) is 12.3 Å². The number of benzene rings is 1. The Morgan fingerprint density at radius 1 is 1.20 bits per heavy atom. The lowest BCUT2D eigenvalue weighted by atomic mass is 10.1. The van der Waals surface area contributed by atoms with Crippen LogP contribution in [0.5, 0.6) is 0 Å². The summed E-state index contributed by atoms with van der Waals surface area (Å²) in [5.41, 5.74) is 3.04. The van der Waals surface area contributed by atoms with E-state index in [2.05, 4.69) is 36.3 Å². The molecule has 0 aliphatic rings. The Morgan fingerprint density at radius 3 is 2.60 bits per heavy atom. The molecule has 0 spiro atoms. The summed E-state index contributed by atoms with van der Waals surface area (Å²) in [6, 6.07) is 10.4. The number of rotatable bonds is 7. The van der Waals surface area contributed by atoms with E-state index in [0.29, 0.717) is 5.15 Å². The van der Waals surface area contributed by atoms with Crippen molar-refractivity contribution in [2.75, 3.05) is 0 Å². The molecule has 3 nitrogen and oxygen atoms in total. The third kappa shape index (κ3) is 3.62. The minimum Gasteiger partial charge on any atom is -0.391 e. The molecule has 0 aliphatic carbocycles. The van der Waals surface area contributed by atoms with E-state index in [1.54, 1.807) is 0 Å². The maximum absolute atomic E-state index is 9.40. The first-order valence-electron chi connectivity index (χ1n) is 7.15. The largest absolute Gasteiger partial charge is 0.391 e. The molecule has 1 aromatic carbocycles. The summed E-state index contributed by atoms with van der Waals surface area (Å²) in [4.78, 5) is 0. The Bertz CT molecular complexity index is 537. The second-order valence-electron chi connectivity index (χ2n) is 4.94. The van der Waals surface area contributed by atoms with Crippen molar-refractivity contribution >= 4 is 11.6 Å². The van der Waals surface area contributed by atoms with E-state index in [1.807, 2.05) is 10.7 Å². The van der Waals surface area contributed by atoms with Gasteiger partial charge < -0.3 is 5.11 Å². The summed E-state index contributed by atoms with van der Waals surface area (Å²) in [6.45, 7) is 2.85. The molecular formula is C16H21ClN2O. The summed E-state index contributed by atoms with van der Waals surface area (Å²) >= 11 is 6.29. The zero-order valence-electron chi connectivity index (χ0n) is 11.8. The first-order chi connectivity index (χ1) is 9.76. The Kier molecular flexibility index (Phi) is 5.62. The fourth-order valence-corrected chi connectivity index (χ4v) is 2.64. The Morgan fingerprint density at radius 2 is 1.95 bits per heavy atom. The van der Waals surface area contributed by atoms with Gasteiger partial charge in [0.15, 0.2) is 0 Å². The van der Waals surface area contributed by atoms with Crippen LogP contribution in [0.2, 0.25) is 5.15 Å². The van der Waals surface area contributed by atoms with Gasteiger partial charge in [0.2, 0.25) is 0 Å². The average Bonchev–Trinajstić information content (AvgIpc) is 2.76. The highest BCUT2D eigenvalue weighted by Gasteiger charge is 2.14. The molecule has 108 valence electrons. The highest BCUT2D eigenvalue weighted by Crippen LogP contribution is 2.22. The lowest BCUT2D eigenvalue weighted by Crippen LogP contribution is -2.02. The molecule has 2 rings (SSSR count). The van der Waals surface area contributed by atoms with Crippen LogP contribution in [0.1, 0.15) is 36.6 Å². The molecule has 0 saturated heterocycles. The number of aryl methyl sites for hydroxylation is 3. The smallest absolute Gasteiger partial charge is 0.132 e. The van der Waals surface area contributed by atoms with Crippen molar-refractivity contribution in [1.29, 1.82) is 0 Å². The van der Waals surface area contributed by atoms with E-state index in [-0.39, 0.29) is 6.61 Å². The molecule has 1 N–H and O–H groups in total. The van der Waals surface area contributed by atoms with E-state index in [9.17, 15) is 5.11 Å². The Hall–Kier alpha value is -1.32. The van der Waals surface area contributed by atoms with E-state index in [4.69, 9.17) is 11.6 Å². The van der Waals surface area contributed by atoms with Crippen molar-refractivity contribution in [2.24, 2.45) is 0 Å². The minimum atomic E-state index is -0.0349. The lowest BCUT2D eigenvalue weighted by molar-refractivity contribution is 0.280. The van der Waals surface area contributed by atoms with Crippen LogP contribution in [0.4, 0.5) is 0 Å². The van der Waals surface area contributed by atoms with Gasteiger partial charge in [-0.15, -0.1) is 0 Å². The first kappa shape index (κ1) is 15.1. The van der Waals surface area contributed by atoms with E-state index >= 15 is 0 Å². The van der Waals surface area contributed by atoms with Gasteiger partial charge in [0.1, 0.15) is 5.15 Å². The third-order valence-corrected chi connectivity index (χ3v) is 3.81. The fraction of sp³-hybridized carbons (Fsp3) is 0.438. The SMILES string of the molecule is CCCc1nn(CCCc2ccccc2)c(Cl)c1CO. The predicted octanol–water partition coefficient (Wildman–Crippen LogP) is 3.61. The maximum Gasteiger partial charge on any atom is 0.132 e. The summed E-state index contributed by atoms with van der Waals surface area (Å²) < 4.78 is 1.82. The van der Waals surface area contributed by atoms with E-state index in [1.165, 1.54) is 5.56 Å². The monoisotopic (exact) mass is 292 g/mol. The van der Waals surface area contributed by atoms with E-state index in [0.717, 1.165) is 43.5 Å².